The minimum Gasteiger partial charge on any atom is -0.360 e. The minimum absolute atomic E-state index is 0.281. The fraction of sp³-hybridized carbons (Fsp3) is 0.938. The van der Waals surface area contributed by atoms with Crippen molar-refractivity contribution in [2.45, 2.75) is 83.7 Å². The third-order valence-corrected chi connectivity index (χ3v) is 5.78. The van der Waals surface area contributed by atoms with Crippen molar-refractivity contribution < 1.29 is 0 Å². The Bertz CT molecular complexity index is 308. The molecule has 0 amide bonds. The molecular weight excluding hydrogens is 252 g/mol. The Hall–Kier alpha value is -0.180. The highest BCUT2D eigenvalue weighted by atomic mass is 32.2. The van der Waals surface area contributed by atoms with E-state index in [1.165, 1.54) is 62.3 Å². The zero-order valence-electron chi connectivity index (χ0n) is 12.9. The van der Waals surface area contributed by atoms with E-state index in [-0.39, 0.29) is 5.54 Å². The van der Waals surface area contributed by atoms with Crippen molar-refractivity contribution in [2.75, 3.05) is 5.75 Å². The first-order valence-electron chi connectivity index (χ1n) is 8.14. The number of amidine groups is 1. The summed E-state index contributed by atoms with van der Waals surface area (Å²) in [5, 5.41) is 4.89. The summed E-state index contributed by atoms with van der Waals surface area (Å²) in [6, 6.07) is 0.585. The second-order valence-electron chi connectivity index (χ2n) is 6.54. The average Bonchev–Trinajstić information content (AvgIpc) is 2.42. The van der Waals surface area contributed by atoms with E-state index in [2.05, 4.69) is 26.1 Å². The summed E-state index contributed by atoms with van der Waals surface area (Å²) < 4.78 is 0. The molecule has 0 bridgehead atoms. The van der Waals surface area contributed by atoms with Gasteiger partial charge in [0.15, 0.2) is 5.17 Å². The molecule has 0 aromatic heterocycles. The fourth-order valence-corrected chi connectivity index (χ4v) is 4.49. The van der Waals surface area contributed by atoms with Crippen LogP contribution in [0.25, 0.3) is 0 Å². The predicted octanol–water partition coefficient (Wildman–Crippen LogP) is 4.60. The molecule has 1 aliphatic heterocycles. The molecule has 19 heavy (non-hydrogen) atoms. The van der Waals surface area contributed by atoms with E-state index in [1.54, 1.807) is 0 Å². The molecule has 1 aliphatic carbocycles. The van der Waals surface area contributed by atoms with Crippen LogP contribution in [-0.2, 0) is 0 Å². The first-order chi connectivity index (χ1) is 9.15. The van der Waals surface area contributed by atoms with Gasteiger partial charge in [0, 0.05) is 11.3 Å². The lowest BCUT2D eigenvalue weighted by atomic mass is 9.84. The van der Waals surface area contributed by atoms with Crippen molar-refractivity contribution >= 4 is 16.9 Å². The topological polar surface area (TPSA) is 24.4 Å². The molecule has 1 saturated heterocycles. The first-order valence-corrected chi connectivity index (χ1v) is 9.12. The molecule has 2 fully saturated rings. The van der Waals surface area contributed by atoms with Crippen LogP contribution in [0.15, 0.2) is 4.99 Å². The summed E-state index contributed by atoms with van der Waals surface area (Å²) in [6.45, 7) is 6.91. The standard InChI is InChI=1S/C16H30N2S/c1-4-6-13-7-9-14(10-8-13)17-15-18-16(3,5-2)11-12-19-15/h13-14H,4-12H2,1-3H3,(H,17,18). The SMILES string of the molecule is CCCC1CCC(N=C2NC(C)(CC)CCS2)CC1. The van der Waals surface area contributed by atoms with Crippen LogP contribution in [0.3, 0.4) is 0 Å². The molecule has 2 rings (SSSR count). The Labute approximate surface area is 123 Å². The zero-order valence-corrected chi connectivity index (χ0v) is 13.7. The molecule has 0 aromatic rings. The number of aliphatic imine (C=N–C) groups is 1. The minimum atomic E-state index is 0.281. The summed E-state index contributed by atoms with van der Waals surface area (Å²) in [5.74, 6) is 2.20. The lowest BCUT2D eigenvalue weighted by molar-refractivity contribution is 0.308. The molecule has 3 heteroatoms. The Kier molecular flexibility index (Phi) is 5.61. The number of nitrogens with one attached hydrogen (secondary N) is 1. The summed E-state index contributed by atoms with van der Waals surface area (Å²) in [7, 11) is 0. The maximum atomic E-state index is 5.00. The van der Waals surface area contributed by atoms with Gasteiger partial charge in [-0.1, -0.05) is 38.5 Å². The third kappa shape index (κ3) is 4.40. The molecule has 1 saturated carbocycles. The third-order valence-electron chi connectivity index (χ3n) is 4.89. The molecule has 1 unspecified atom stereocenters. The number of hydrogen-bond acceptors (Lipinski definition) is 2. The van der Waals surface area contributed by atoms with Crippen LogP contribution in [0.4, 0.5) is 0 Å². The van der Waals surface area contributed by atoms with Gasteiger partial charge in [-0.3, -0.25) is 4.99 Å². The molecule has 2 aliphatic rings. The molecule has 1 heterocycles. The van der Waals surface area contributed by atoms with Crippen molar-refractivity contribution in [1.29, 1.82) is 0 Å². The molecule has 110 valence electrons. The lowest BCUT2D eigenvalue weighted by Gasteiger charge is -2.36. The molecule has 2 nitrogen and oxygen atoms in total. The van der Waals surface area contributed by atoms with E-state index < -0.39 is 0 Å². The van der Waals surface area contributed by atoms with Crippen LogP contribution in [0.2, 0.25) is 0 Å². The maximum absolute atomic E-state index is 5.00. The smallest absolute Gasteiger partial charge is 0.157 e. The molecular formula is C16H30N2S. The van der Waals surface area contributed by atoms with Crippen LogP contribution < -0.4 is 5.32 Å². The van der Waals surface area contributed by atoms with E-state index in [4.69, 9.17) is 4.99 Å². The molecule has 1 N–H and O–H groups in total. The highest BCUT2D eigenvalue weighted by Gasteiger charge is 2.28. The van der Waals surface area contributed by atoms with Crippen molar-refractivity contribution in [1.82, 2.24) is 5.32 Å². The highest BCUT2D eigenvalue weighted by molar-refractivity contribution is 8.13. The summed E-state index contributed by atoms with van der Waals surface area (Å²) in [6.07, 6.45) is 10.6. The van der Waals surface area contributed by atoms with Crippen LogP contribution in [-0.4, -0.2) is 22.5 Å². The average molecular weight is 282 g/mol. The van der Waals surface area contributed by atoms with Crippen LogP contribution in [0.1, 0.15) is 72.1 Å². The molecule has 1 atom stereocenters. The van der Waals surface area contributed by atoms with Gasteiger partial charge in [0.2, 0.25) is 0 Å². The normalized spacial score (nSPS) is 38.2. The number of thioether (sulfide) groups is 1. The van der Waals surface area contributed by atoms with Crippen molar-refractivity contribution in [3.8, 4) is 0 Å². The van der Waals surface area contributed by atoms with E-state index >= 15 is 0 Å². The van der Waals surface area contributed by atoms with Crippen LogP contribution in [0, 0.1) is 5.92 Å². The van der Waals surface area contributed by atoms with Crippen LogP contribution >= 0.6 is 11.8 Å². The Balaban J connectivity index is 1.85. The van der Waals surface area contributed by atoms with E-state index in [1.807, 2.05) is 11.8 Å². The highest BCUT2D eigenvalue weighted by Crippen LogP contribution is 2.31. The van der Waals surface area contributed by atoms with Gasteiger partial charge in [0.1, 0.15) is 0 Å². The van der Waals surface area contributed by atoms with E-state index in [9.17, 15) is 0 Å². The quantitative estimate of drug-likeness (QED) is 0.815. The van der Waals surface area contributed by atoms with E-state index in [0.29, 0.717) is 6.04 Å². The predicted molar refractivity (Wildman–Crippen MR) is 87.0 cm³/mol. The Morgan fingerprint density at radius 3 is 2.63 bits per heavy atom. The molecule has 0 radical (unpaired) electrons. The first kappa shape index (κ1) is 15.2. The Morgan fingerprint density at radius 1 is 1.26 bits per heavy atom. The van der Waals surface area contributed by atoms with E-state index in [0.717, 1.165) is 5.92 Å². The second kappa shape index (κ2) is 7.01. The van der Waals surface area contributed by atoms with Gasteiger partial charge in [-0.2, -0.15) is 0 Å². The van der Waals surface area contributed by atoms with Gasteiger partial charge in [0.05, 0.1) is 6.04 Å². The Morgan fingerprint density at radius 2 is 2.00 bits per heavy atom. The van der Waals surface area contributed by atoms with Crippen molar-refractivity contribution in [2.24, 2.45) is 10.9 Å². The number of nitrogens with zero attached hydrogens (tertiary/aromatic N) is 1. The van der Waals surface area contributed by atoms with Gasteiger partial charge in [-0.15, -0.1) is 0 Å². The largest absolute Gasteiger partial charge is 0.360 e. The number of rotatable bonds is 4. The monoisotopic (exact) mass is 282 g/mol. The van der Waals surface area contributed by atoms with Gasteiger partial charge in [-0.05, 0) is 51.4 Å². The van der Waals surface area contributed by atoms with Crippen molar-refractivity contribution in [3.05, 3.63) is 0 Å². The van der Waals surface area contributed by atoms with Crippen molar-refractivity contribution in [3.63, 3.8) is 0 Å². The molecule has 0 aromatic carbocycles. The summed E-state index contributed by atoms with van der Waals surface area (Å²) in [4.78, 5) is 5.00. The number of hydrogen-bond donors (Lipinski definition) is 1. The zero-order chi connectivity index (χ0) is 13.7. The lowest BCUT2D eigenvalue weighted by Crippen LogP contribution is -2.48. The van der Waals surface area contributed by atoms with Gasteiger partial charge in [-0.25, -0.2) is 0 Å². The summed E-state index contributed by atoms with van der Waals surface area (Å²) in [5.41, 5.74) is 0.281. The summed E-state index contributed by atoms with van der Waals surface area (Å²) >= 11 is 1.92. The molecule has 0 spiro atoms. The maximum Gasteiger partial charge on any atom is 0.157 e. The van der Waals surface area contributed by atoms with Crippen LogP contribution in [0.5, 0.6) is 0 Å². The fourth-order valence-electron chi connectivity index (χ4n) is 3.20. The van der Waals surface area contributed by atoms with Gasteiger partial charge in [0.25, 0.3) is 0 Å². The second-order valence-corrected chi connectivity index (χ2v) is 7.62. The van der Waals surface area contributed by atoms with Gasteiger partial charge >= 0.3 is 0 Å². The van der Waals surface area contributed by atoms with Gasteiger partial charge < -0.3 is 5.32 Å².